The molecular formula is C33H43Cl2N7O5. The van der Waals surface area contributed by atoms with E-state index < -0.39 is 18.2 Å². The number of hydrogen-bond donors (Lipinski definition) is 5. The maximum atomic E-state index is 13.4. The van der Waals surface area contributed by atoms with Gasteiger partial charge < -0.3 is 30.6 Å². The highest BCUT2D eigenvalue weighted by atomic mass is 35.5. The van der Waals surface area contributed by atoms with Crippen LogP contribution >= 0.6 is 24.8 Å². The summed E-state index contributed by atoms with van der Waals surface area (Å²) in [6, 6.07) is 14.3. The summed E-state index contributed by atoms with van der Waals surface area (Å²) < 4.78 is 4.72. The summed E-state index contributed by atoms with van der Waals surface area (Å²) in [5, 5.41) is 10.9. The van der Waals surface area contributed by atoms with E-state index in [2.05, 4.69) is 31.2 Å². The SMILES string of the molecule is COC(=O)NC(C(=O)N1CCC[C@H]1c1ncc(-c2ccc(-c3ccc(CNC(=O)NC(=O)[C@@H]4CCCN4)cc3)cc2)[nH]1)C(C)C.Cl.Cl. The standard InChI is InChI=1S/C33H41N7O5.2ClH/c1-20(2)28(38-33(44)45-3)31(42)40-17-5-7-27(40)29-35-19-26(37-29)24-14-12-23(13-15-24)22-10-8-21(9-11-22)18-36-32(43)39-30(41)25-6-4-16-34-25;;/h8-15,19-20,25,27-28,34H,4-7,16-18H2,1-3H3,(H,35,37)(H,38,44)(H2,36,39,41,43);2*1H/t25-,27-,28?;;/m0../s1. The average molecular weight is 689 g/mol. The monoisotopic (exact) mass is 687 g/mol. The maximum absolute atomic E-state index is 13.4. The molecule has 2 fully saturated rings. The first-order valence-electron chi connectivity index (χ1n) is 15.4. The van der Waals surface area contributed by atoms with Gasteiger partial charge in [-0.05, 0) is 60.4 Å². The highest BCUT2D eigenvalue weighted by Crippen LogP contribution is 2.33. The van der Waals surface area contributed by atoms with E-state index in [9.17, 15) is 19.2 Å². The van der Waals surface area contributed by atoms with Gasteiger partial charge in [0.25, 0.3) is 0 Å². The van der Waals surface area contributed by atoms with Crippen molar-refractivity contribution in [2.75, 3.05) is 20.2 Å². The van der Waals surface area contributed by atoms with Gasteiger partial charge in [-0.3, -0.25) is 14.9 Å². The molecule has 5 rings (SSSR count). The van der Waals surface area contributed by atoms with Crippen LogP contribution < -0.4 is 21.3 Å². The summed E-state index contributed by atoms with van der Waals surface area (Å²) in [7, 11) is 1.28. The number of alkyl carbamates (subject to hydrolysis) is 1. The maximum Gasteiger partial charge on any atom is 0.407 e. The zero-order valence-corrected chi connectivity index (χ0v) is 28.3. The highest BCUT2D eigenvalue weighted by molar-refractivity contribution is 5.97. The van der Waals surface area contributed by atoms with E-state index in [1.165, 1.54) is 7.11 Å². The number of imidazole rings is 1. The topological polar surface area (TPSA) is 158 Å². The molecule has 0 bridgehead atoms. The number of aromatic amines is 1. The van der Waals surface area contributed by atoms with Crippen LogP contribution in [0.5, 0.6) is 0 Å². The molecule has 1 unspecified atom stereocenters. The largest absolute Gasteiger partial charge is 0.453 e. The smallest absolute Gasteiger partial charge is 0.407 e. The fourth-order valence-corrected chi connectivity index (χ4v) is 5.84. The van der Waals surface area contributed by atoms with Crippen LogP contribution in [0.15, 0.2) is 54.7 Å². The highest BCUT2D eigenvalue weighted by Gasteiger charge is 2.37. The van der Waals surface area contributed by atoms with Gasteiger partial charge in [-0.1, -0.05) is 62.4 Å². The minimum atomic E-state index is -0.681. The predicted molar refractivity (Wildman–Crippen MR) is 183 cm³/mol. The number of carbonyl (C=O) groups is 4. The van der Waals surface area contributed by atoms with Gasteiger partial charge >= 0.3 is 12.1 Å². The summed E-state index contributed by atoms with van der Waals surface area (Å²) >= 11 is 0. The molecule has 3 aromatic rings. The molecule has 254 valence electrons. The lowest BCUT2D eigenvalue weighted by atomic mass is 10.0. The van der Waals surface area contributed by atoms with Crippen molar-refractivity contribution in [3.05, 3.63) is 66.1 Å². The molecule has 0 radical (unpaired) electrons. The minimum Gasteiger partial charge on any atom is -0.453 e. The quantitative estimate of drug-likeness (QED) is 0.218. The van der Waals surface area contributed by atoms with Crippen LogP contribution in [0.4, 0.5) is 9.59 Å². The lowest BCUT2D eigenvalue weighted by Crippen LogP contribution is -2.51. The first-order chi connectivity index (χ1) is 21.7. The number of urea groups is 1. The number of carbonyl (C=O) groups excluding carboxylic acids is 4. The van der Waals surface area contributed by atoms with Crippen LogP contribution in [-0.4, -0.2) is 71.1 Å². The number of imide groups is 1. The van der Waals surface area contributed by atoms with E-state index in [-0.39, 0.29) is 54.6 Å². The molecule has 12 nitrogen and oxygen atoms in total. The van der Waals surface area contributed by atoms with Crippen molar-refractivity contribution in [3.63, 3.8) is 0 Å². The van der Waals surface area contributed by atoms with Crippen LogP contribution in [0.2, 0.25) is 0 Å². The summed E-state index contributed by atoms with van der Waals surface area (Å²) in [6.07, 6.45) is 4.47. The van der Waals surface area contributed by atoms with Crippen molar-refractivity contribution in [2.45, 2.75) is 64.2 Å². The number of rotatable bonds is 9. The number of nitrogens with zero attached hydrogens (tertiary/aromatic N) is 2. The van der Waals surface area contributed by atoms with E-state index in [1.54, 1.807) is 11.1 Å². The third-order valence-corrected chi connectivity index (χ3v) is 8.39. The molecule has 3 atom stereocenters. The van der Waals surface area contributed by atoms with Gasteiger partial charge in [0.2, 0.25) is 11.8 Å². The molecule has 5 N–H and O–H groups in total. The molecule has 0 spiro atoms. The van der Waals surface area contributed by atoms with Gasteiger partial charge in [-0.15, -0.1) is 24.8 Å². The second kappa shape index (κ2) is 17.1. The Labute approximate surface area is 287 Å². The van der Waals surface area contributed by atoms with Crippen LogP contribution in [0, 0.1) is 5.92 Å². The number of aromatic nitrogens is 2. The molecule has 3 heterocycles. The van der Waals surface area contributed by atoms with Crippen LogP contribution in [0.3, 0.4) is 0 Å². The summed E-state index contributed by atoms with van der Waals surface area (Å²) in [5.74, 6) is 0.185. The number of likely N-dealkylation sites (tertiary alicyclic amines) is 1. The zero-order chi connectivity index (χ0) is 31.9. The van der Waals surface area contributed by atoms with E-state index in [0.717, 1.165) is 66.0 Å². The number of methoxy groups -OCH3 is 1. The van der Waals surface area contributed by atoms with Crippen molar-refractivity contribution in [2.24, 2.45) is 5.92 Å². The fraction of sp³-hybridized carbons (Fsp3) is 0.424. The predicted octanol–water partition coefficient (Wildman–Crippen LogP) is 4.71. The Balaban J connectivity index is 0.00000300. The van der Waals surface area contributed by atoms with Gasteiger partial charge in [-0.25, -0.2) is 14.6 Å². The minimum absolute atomic E-state index is 0. The molecule has 2 aliphatic heterocycles. The van der Waals surface area contributed by atoms with Gasteiger partial charge in [0.15, 0.2) is 0 Å². The van der Waals surface area contributed by atoms with Crippen LogP contribution in [-0.2, 0) is 20.9 Å². The molecule has 5 amide bonds. The summed E-state index contributed by atoms with van der Waals surface area (Å²) in [4.78, 5) is 59.3. The lowest BCUT2D eigenvalue weighted by Gasteiger charge is -2.30. The number of nitrogens with one attached hydrogen (secondary N) is 5. The second-order valence-electron chi connectivity index (χ2n) is 11.8. The van der Waals surface area contributed by atoms with Gasteiger partial charge in [0.05, 0.1) is 31.1 Å². The molecule has 47 heavy (non-hydrogen) atoms. The van der Waals surface area contributed by atoms with E-state index in [1.807, 2.05) is 62.4 Å². The Morgan fingerprint density at radius 1 is 0.957 bits per heavy atom. The second-order valence-corrected chi connectivity index (χ2v) is 11.8. The molecule has 2 aliphatic rings. The first-order valence-corrected chi connectivity index (χ1v) is 15.4. The van der Waals surface area contributed by atoms with Gasteiger partial charge in [0, 0.05) is 13.1 Å². The van der Waals surface area contributed by atoms with Gasteiger partial charge in [0.1, 0.15) is 11.9 Å². The third kappa shape index (κ3) is 9.24. The molecule has 0 aliphatic carbocycles. The Kier molecular flexibility index (Phi) is 13.6. The summed E-state index contributed by atoms with van der Waals surface area (Å²) in [5.41, 5.74) is 4.81. The number of ether oxygens (including phenoxy) is 1. The number of halogens is 2. The average Bonchev–Trinajstić information content (AvgIpc) is 3.84. The van der Waals surface area contributed by atoms with Crippen molar-refractivity contribution in [3.8, 4) is 22.4 Å². The third-order valence-electron chi connectivity index (χ3n) is 8.39. The molecule has 0 saturated carbocycles. The fourth-order valence-electron chi connectivity index (χ4n) is 5.84. The Bertz CT molecular complexity index is 1510. The zero-order valence-electron chi connectivity index (χ0n) is 26.7. The number of H-pyrrole nitrogens is 1. The van der Waals surface area contributed by atoms with Crippen molar-refractivity contribution < 1.29 is 23.9 Å². The van der Waals surface area contributed by atoms with Crippen molar-refractivity contribution in [1.82, 2.24) is 36.1 Å². The van der Waals surface area contributed by atoms with Gasteiger partial charge in [-0.2, -0.15) is 0 Å². The normalized spacial score (nSPS) is 17.7. The van der Waals surface area contributed by atoms with Crippen LogP contribution in [0.25, 0.3) is 22.4 Å². The molecule has 14 heteroatoms. The Morgan fingerprint density at radius 2 is 1.62 bits per heavy atom. The lowest BCUT2D eigenvalue weighted by molar-refractivity contribution is -0.135. The summed E-state index contributed by atoms with van der Waals surface area (Å²) in [6.45, 7) is 5.49. The Hall–Kier alpha value is -4.13. The van der Waals surface area contributed by atoms with Crippen LogP contribution in [0.1, 0.15) is 57.0 Å². The Morgan fingerprint density at radius 3 is 2.23 bits per heavy atom. The van der Waals surface area contributed by atoms with E-state index in [4.69, 9.17) is 4.74 Å². The first kappa shape index (κ1) is 37.3. The molecule has 2 saturated heterocycles. The number of hydrogen-bond acceptors (Lipinski definition) is 7. The molecule has 2 aromatic carbocycles. The van der Waals surface area contributed by atoms with E-state index >= 15 is 0 Å². The van der Waals surface area contributed by atoms with E-state index in [0.29, 0.717) is 13.1 Å². The van der Waals surface area contributed by atoms with Crippen molar-refractivity contribution in [1.29, 1.82) is 0 Å². The molecule has 1 aromatic heterocycles. The molecular weight excluding hydrogens is 645 g/mol. The number of benzene rings is 2. The number of amides is 5. The van der Waals surface area contributed by atoms with Crippen molar-refractivity contribution >= 4 is 48.8 Å².